The Bertz CT molecular complexity index is 1780. The van der Waals surface area contributed by atoms with Crippen molar-refractivity contribution in [3.63, 3.8) is 0 Å². The second-order valence-electron chi connectivity index (χ2n) is 23.9. The number of carbonyl (C=O) groups excluding carboxylic acids is 3. The highest BCUT2D eigenvalue weighted by Gasteiger charge is 2.57. The summed E-state index contributed by atoms with van der Waals surface area (Å²) in [6, 6.07) is -3.34. The van der Waals surface area contributed by atoms with Gasteiger partial charge in [0.2, 0.25) is 17.7 Å². The third-order valence-corrected chi connectivity index (χ3v) is 16.6. The molecule has 0 radical (unpaired) electrons. The van der Waals surface area contributed by atoms with Crippen LogP contribution >= 0.6 is 0 Å². The third kappa shape index (κ3) is 27.3. The molecule has 3 aliphatic rings. The van der Waals surface area contributed by atoms with Crippen LogP contribution in [0.5, 0.6) is 0 Å². The van der Waals surface area contributed by atoms with Crippen molar-refractivity contribution < 1.29 is 98.7 Å². The van der Waals surface area contributed by atoms with Crippen LogP contribution in [-0.2, 0) is 47.6 Å². The molecule has 0 saturated carbocycles. The standard InChI is InChI=1S/C61H113N3O20/c1-5-7-9-11-13-15-16-17-18-19-20-21-22-23-24-25-26-27-29-31-33-35-48(71)64-43(34-32-30-28-14-12-10-8-6-2)39-79-58-50(63-42(4)68)53(74)56(46(38-66)81-58)83-59-55(76)54(75)52(73)47(82-59)40-80-61(60(77)78)36-44(69)49(62-41(3)67)57(84-61)51(72)45(70)37-65/h43-47,49-59,65-66,69-70,72-76H,5-40H2,1-4H3,(H,62,67)(H,63,68)(H,64,71)(H,77,78)/t43?,44-,45-,46?,47?,49-,50+,51-,52+,53?,54?,55+,56-,57?,58-,59+,61-/m1/s1. The fraction of sp³-hybridized carbons (Fsp3) is 0.934. The van der Waals surface area contributed by atoms with Crippen LogP contribution < -0.4 is 16.0 Å². The van der Waals surface area contributed by atoms with E-state index in [4.69, 9.17) is 28.4 Å². The number of aliphatic carboxylic acids is 1. The molecule has 23 nitrogen and oxygen atoms in total. The Morgan fingerprint density at radius 2 is 1.05 bits per heavy atom. The van der Waals surface area contributed by atoms with E-state index in [1.54, 1.807) is 0 Å². The number of hydrogen-bond acceptors (Lipinski definition) is 19. The lowest BCUT2D eigenvalue weighted by atomic mass is 9.88. The second-order valence-corrected chi connectivity index (χ2v) is 23.9. The molecule has 17 atom stereocenters. The van der Waals surface area contributed by atoms with Crippen molar-refractivity contribution >= 4 is 23.7 Å². The Balaban J connectivity index is 1.58. The van der Waals surface area contributed by atoms with Crippen LogP contribution in [0.15, 0.2) is 0 Å². The quantitative estimate of drug-likeness (QED) is 0.0371. The molecule has 3 amide bonds. The van der Waals surface area contributed by atoms with Crippen LogP contribution in [-0.4, -0.2) is 205 Å². The fourth-order valence-corrected chi connectivity index (χ4v) is 11.5. The maximum Gasteiger partial charge on any atom is 0.364 e. The molecule has 6 unspecified atom stereocenters. The number of rotatable bonds is 47. The number of carboxylic acid groups (broad SMARTS) is 1. The average Bonchev–Trinajstić information content (AvgIpc) is 1.95. The molecule has 0 aromatic heterocycles. The maximum absolute atomic E-state index is 13.4. The number of aliphatic hydroxyl groups is 9. The van der Waals surface area contributed by atoms with E-state index in [1.165, 1.54) is 129 Å². The van der Waals surface area contributed by atoms with E-state index in [2.05, 4.69) is 29.8 Å². The number of carboxylic acids is 1. The molecular weight excluding hydrogens is 1090 g/mol. The van der Waals surface area contributed by atoms with Crippen LogP contribution in [0.25, 0.3) is 0 Å². The minimum absolute atomic E-state index is 0.0803. The van der Waals surface area contributed by atoms with E-state index in [0.29, 0.717) is 12.8 Å². The van der Waals surface area contributed by atoms with Crippen LogP contribution in [0.2, 0.25) is 0 Å². The largest absolute Gasteiger partial charge is 0.477 e. The number of ether oxygens (including phenoxy) is 6. The number of hydrogen-bond donors (Lipinski definition) is 13. The summed E-state index contributed by atoms with van der Waals surface area (Å²) >= 11 is 0. The lowest BCUT2D eigenvalue weighted by Gasteiger charge is -2.48. The van der Waals surface area contributed by atoms with Gasteiger partial charge in [0.25, 0.3) is 5.79 Å². The molecule has 3 fully saturated rings. The van der Waals surface area contributed by atoms with Gasteiger partial charge in [0.05, 0.1) is 44.6 Å². The number of aliphatic hydroxyl groups excluding tert-OH is 9. The van der Waals surface area contributed by atoms with Crippen molar-refractivity contribution in [3.05, 3.63) is 0 Å². The van der Waals surface area contributed by atoms with Gasteiger partial charge in [-0.05, 0) is 12.8 Å². The van der Waals surface area contributed by atoms with Gasteiger partial charge in [-0.25, -0.2) is 4.79 Å². The van der Waals surface area contributed by atoms with Gasteiger partial charge in [-0.3, -0.25) is 14.4 Å². The Morgan fingerprint density at radius 1 is 0.583 bits per heavy atom. The molecule has 0 bridgehead atoms. The van der Waals surface area contributed by atoms with E-state index in [-0.39, 0.29) is 12.5 Å². The highest BCUT2D eigenvalue weighted by molar-refractivity contribution is 5.77. The summed E-state index contributed by atoms with van der Waals surface area (Å²) in [5.74, 6) is -6.19. The average molecular weight is 1210 g/mol. The van der Waals surface area contributed by atoms with E-state index in [1.807, 2.05) is 0 Å². The van der Waals surface area contributed by atoms with Crippen molar-refractivity contribution in [1.82, 2.24) is 16.0 Å². The minimum atomic E-state index is -2.87. The first-order valence-corrected chi connectivity index (χ1v) is 32.3. The molecule has 13 N–H and O–H groups in total. The van der Waals surface area contributed by atoms with Gasteiger partial charge in [-0.15, -0.1) is 0 Å². The molecule has 0 aromatic carbocycles. The Morgan fingerprint density at radius 3 is 1.51 bits per heavy atom. The van der Waals surface area contributed by atoms with Crippen molar-refractivity contribution in [2.45, 2.75) is 337 Å². The van der Waals surface area contributed by atoms with Crippen LogP contribution in [0.1, 0.15) is 233 Å². The smallest absolute Gasteiger partial charge is 0.364 e. The molecule has 84 heavy (non-hydrogen) atoms. The molecule has 3 aliphatic heterocycles. The molecule has 0 aromatic rings. The number of unbranched alkanes of at least 4 members (excludes halogenated alkanes) is 27. The molecule has 492 valence electrons. The molecule has 3 rings (SSSR count). The number of nitrogens with one attached hydrogen (secondary N) is 3. The first-order chi connectivity index (χ1) is 40.3. The highest BCUT2D eigenvalue weighted by Crippen LogP contribution is 2.36. The molecule has 3 heterocycles. The van der Waals surface area contributed by atoms with Crippen molar-refractivity contribution in [3.8, 4) is 0 Å². The van der Waals surface area contributed by atoms with E-state index in [9.17, 15) is 70.2 Å². The first kappa shape index (κ1) is 75.5. The highest BCUT2D eigenvalue weighted by atomic mass is 16.8. The summed E-state index contributed by atoms with van der Waals surface area (Å²) in [5.41, 5.74) is 0. The van der Waals surface area contributed by atoms with Crippen molar-refractivity contribution in [1.29, 1.82) is 0 Å². The minimum Gasteiger partial charge on any atom is -0.477 e. The zero-order valence-electron chi connectivity index (χ0n) is 51.2. The van der Waals surface area contributed by atoms with Crippen LogP contribution in [0, 0.1) is 0 Å². The molecular formula is C61H113N3O20. The number of carbonyl (C=O) groups is 4. The van der Waals surface area contributed by atoms with Crippen molar-refractivity contribution in [2.24, 2.45) is 0 Å². The SMILES string of the molecule is CCCCCCCCCCCCCCCCCCCCCCCC(=O)NC(CCCCCCCCCC)CO[C@@H]1OC(CO)[C@@H](O[C@@H]2OC(CO[C@]3(C(=O)O)C[C@@H](O)[C@@H](NC(C)=O)C([C@H](O)[C@H](O)CO)O3)[C@H](O)C(O)[C@@H]2O)C(O)[C@@H]1NC(C)=O. The fourth-order valence-electron chi connectivity index (χ4n) is 11.5. The summed E-state index contributed by atoms with van der Waals surface area (Å²) in [6.07, 6.45) is 11.6. The molecule has 23 heteroatoms. The summed E-state index contributed by atoms with van der Waals surface area (Å²) in [7, 11) is 0. The van der Waals surface area contributed by atoms with Gasteiger partial charge in [0.1, 0.15) is 67.1 Å². The lowest BCUT2D eigenvalue weighted by molar-refractivity contribution is -0.360. The van der Waals surface area contributed by atoms with E-state index >= 15 is 0 Å². The Labute approximate surface area is 500 Å². The monoisotopic (exact) mass is 1210 g/mol. The van der Waals surface area contributed by atoms with Gasteiger partial charge in [0, 0.05) is 26.7 Å². The molecule has 0 spiro atoms. The summed E-state index contributed by atoms with van der Waals surface area (Å²) in [6.45, 7) is 3.81. The summed E-state index contributed by atoms with van der Waals surface area (Å²) < 4.78 is 35.4. The van der Waals surface area contributed by atoms with Gasteiger partial charge < -0.3 is 95.4 Å². The van der Waals surface area contributed by atoms with Crippen LogP contribution in [0.3, 0.4) is 0 Å². The zero-order valence-corrected chi connectivity index (χ0v) is 51.2. The van der Waals surface area contributed by atoms with Crippen LogP contribution in [0.4, 0.5) is 0 Å². The topological polar surface area (TPSA) is 362 Å². The van der Waals surface area contributed by atoms with Gasteiger partial charge in [-0.1, -0.05) is 194 Å². The zero-order chi connectivity index (χ0) is 61.9. The normalized spacial score (nSPS) is 29.2. The predicted molar refractivity (Wildman–Crippen MR) is 312 cm³/mol. The lowest BCUT2D eigenvalue weighted by Crippen LogP contribution is -2.69. The van der Waals surface area contributed by atoms with Gasteiger partial charge >= 0.3 is 5.97 Å². The summed E-state index contributed by atoms with van der Waals surface area (Å²) in [4.78, 5) is 50.8. The third-order valence-electron chi connectivity index (χ3n) is 16.6. The maximum atomic E-state index is 13.4. The van der Waals surface area contributed by atoms with Crippen molar-refractivity contribution in [2.75, 3.05) is 26.4 Å². The van der Waals surface area contributed by atoms with E-state index in [0.717, 1.165) is 71.1 Å². The first-order valence-electron chi connectivity index (χ1n) is 32.3. The Hall–Kier alpha value is -2.72. The number of amides is 3. The predicted octanol–water partition coefficient (Wildman–Crippen LogP) is 4.56. The van der Waals surface area contributed by atoms with Gasteiger partial charge in [-0.2, -0.15) is 0 Å². The van der Waals surface area contributed by atoms with Gasteiger partial charge in [0.15, 0.2) is 12.6 Å². The molecule has 3 saturated heterocycles. The Kier molecular flexibility index (Phi) is 38.7. The summed E-state index contributed by atoms with van der Waals surface area (Å²) in [5, 5.41) is 116. The second kappa shape index (κ2) is 43.0. The van der Waals surface area contributed by atoms with E-state index < -0.39 is 148 Å². The molecule has 0 aliphatic carbocycles.